The lowest BCUT2D eigenvalue weighted by Gasteiger charge is -2.31. The Bertz CT molecular complexity index is 726. The lowest BCUT2D eigenvalue weighted by molar-refractivity contribution is -0.0790. The van der Waals surface area contributed by atoms with Crippen molar-refractivity contribution in [2.45, 2.75) is 89.6 Å². The molecule has 1 aromatic rings. The van der Waals surface area contributed by atoms with E-state index in [9.17, 15) is 17.6 Å². The lowest BCUT2D eigenvalue weighted by Crippen LogP contribution is -2.16. The van der Waals surface area contributed by atoms with Crippen molar-refractivity contribution in [2.75, 3.05) is 0 Å². The summed E-state index contributed by atoms with van der Waals surface area (Å²) >= 11 is 0. The highest BCUT2D eigenvalue weighted by atomic mass is 19.4. The smallest absolute Gasteiger partial charge is 0.206 e. The third-order valence-electron chi connectivity index (χ3n) is 7.02. The van der Waals surface area contributed by atoms with E-state index in [1.165, 1.54) is 63.5 Å². The molecule has 0 unspecified atom stereocenters. The van der Waals surface area contributed by atoms with Gasteiger partial charge in [0.25, 0.3) is 0 Å². The van der Waals surface area contributed by atoms with Crippen LogP contribution in [0.5, 0.6) is 0 Å². The number of benzene rings is 1. The van der Waals surface area contributed by atoms with Crippen molar-refractivity contribution in [3.8, 4) is 0 Å². The third kappa shape index (κ3) is 6.99. The van der Waals surface area contributed by atoms with E-state index in [0.29, 0.717) is 5.92 Å². The van der Waals surface area contributed by atoms with Crippen molar-refractivity contribution in [1.82, 2.24) is 0 Å². The molecule has 0 saturated heterocycles. The highest BCUT2D eigenvalue weighted by Gasteiger charge is 2.25. The SMILES string of the molecule is CCC=C1CCC(CCC2CCC(c3ccc(/C=C/C(F)(F)F)c(F)c3)CC2)CC1. The summed E-state index contributed by atoms with van der Waals surface area (Å²) in [5.41, 5.74) is 2.58. The summed E-state index contributed by atoms with van der Waals surface area (Å²) in [5, 5.41) is 0. The van der Waals surface area contributed by atoms with E-state index in [1.54, 1.807) is 11.6 Å². The van der Waals surface area contributed by atoms with Gasteiger partial charge in [-0.1, -0.05) is 43.5 Å². The predicted octanol–water partition coefficient (Wildman–Crippen LogP) is 8.98. The normalized spacial score (nSPS) is 25.6. The zero-order chi connectivity index (χ0) is 21.6. The van der Waals surface area contributed by atoms with Crippen LogP contribution in [0.2, 0.25) is 0 Å². The standard InChI is InChI=1S/C26H34F4/c1-2-3-19-4-6-20(7-5-19)8-9-21-10-12-22(13-11-21)24-15-14-23(25(27)18-24)16-17-26(28,29)30/h3,14-18,20-22H,2,4-13H2,1H3/b17-16+,19-3?. The zero-order valence-electron chi connectivity index (χ0n) is 18.0. The van der Waals surface area contributed by atoms with Gasteiger partial charge >= 0.3 is 6.18 Å². The Morgan fingerprint density at radius 3 is 2.13 bits per heavy atom. The van der Waals surface area contributed by atoms with Crippen LogP contribution in [0.3, 0.4) is 0 Å². The molecule has 0 N–H and O–H groups in total. The van der Waals surface area contributed by atoms with Gasteiger partial charge in [-0.3, -0.25) is 0 Å². The molecule has 2 fully saturated rings. The first kappa shape index (κ1) is 23.1. The highest BCUT2D eigenvalue weighted by molar-refractivity contribution is 5.51. The second kappa shape index (κ2) is 10.6. The van der Waals surface area contributed by atoms with E-state index in [2.05, 4.69) is 13.0 Å². The lowest BCUT2D eigenvalue weighted by atomic mass is 9.75. The van der Waals surface area contributed by atoms with Crippen molar-refractivity contribution >= 4 is 6.08 Å². The van der Waals surface area contributed by atoms with Crippen molar-refractivity contribution in [1.29, 1.82) is 0 Å². The summed E-state index contributed by atoms with van der Waals surface area (Å²) in [7, 11) is 0. The maximum absolute atomic E-state index is 14.2. The third-order valence-corrected chi connectivity index (χ3v) is 7.02. The van der Waals surface area contributed by atoms with Crippen LogP contribution in [0.1, 0.15) is 94.6 Å². The van der Waals surface area contributed by atoms with Gasteiger partial charge in [-0.25, -0.2) is 4.39 Å². The van der Waals surface area contributed by atoms with Gasteiger partial charge in [0.2, 0.25) is 0 Å². The van der Waals surface area contributed by atoms with Gasteiger partial charge in [-0.2, -0.15) is 13.2 Å². The van der Waals surface area contributed by atoms with E-state index in [4.69, 9.17) is 0 Å². The Morgan fingerprint density at radius 2 is 1.57 bits per heavy atom. The molecular weight excluding hydrogens is 388 g/mol. The summed E-state index contributed by atoms with van der Waals surface area (Å²) in [5.74, 6) is 1.41. The summed E-state index contributed by atoms with van der Waals surface area (Å²) < 4.78 is 51.1. The number of allylic oxidation sites excluding steroid dienone is 3. The Kier molecular flexibility index (Phi) is 8.19. The summed E-state index contributed by atoms with van der Waals surface area (Å²) in [4.78, 5) is 0. The van der Waals surface area contributed by atoms with E-state index in [0.717, 1.165) is 42.7 Å². The van der Waals surface area contributed by atoms with Crippen molar-refractivity contribution < 1.29 is 17.6 Å². The van der Waals surface area contributed by atoms with Crippen LogP contribution in [-0.4, -0.2) is 6.18 Å². The molecule has 2 saturated carbocycles. The van der Waals surface area contributed by atoms with E-state index in [1.807, 2.05) is 0 Å². The van der Waals surface area contributed by atoms with Crippen LogP contribution >= 0.6 is 0 Å². The molecule has 2 aliphatic rings. The average molecular weight is 423 g/mol. The molecule has 0 spiro atoms. The minimum Gasteiger partial charge on any atom is -0.206 e. The minimum atomic E-state index is -4.42. The van der Waals surface area contributed by atoms with Crippen LogP contribution in [0.4, 0.5) is 17.6 Å². The quantitative estimate of drug-likeness (QED) is 0.317. The number of halogens is 4. The van der Waals surface area contributed by atoms with Gasteiger partial charge in [-0.15, -0.1) is 0 Å². The molecule has 0 amide bonds. The van der Waals surface area contributed by atoms with E-state index in [-0.39, 0.29) is 11.6 Å². The van der Waals surface area contributed by atoms with Crippen LogP contribution < -0.4 is 0 Å². The van der Waals surface area contributed by atoms with Gasteiger partial charge in [0.15, 0.2) is 0 Å². The molecule has 166 valence electrons. The Balaban J connectivity index is 1.44. The molecule has 0 atom stereocenters. The molecule has 0 bridgehead atoms. The Morgan fingerprint density at radius 1 is 0.933 bits per heavy atom. The van der Waals surface area contributed by atoms with Gasteiger partial charge < -0.3 is 0 Å². The molecule has 2 aliphatic carbocycles. The topological polar surface area (TPSA) is 0 Å². The molecule has 0 aromatic heterocycles. The fourth-order valence-corrected chi connectivity index (χ4v) is 5.20. The van der Waals surface area contributed by atoms with Gasteiger partial charge in [-0.05, 0) is 93.2 Å². The zero-order valence-corrected chi connectivity index (χ0v) is 18.0. The van der Waals surface area contributed by atoms with Crippen molar-refractivity contribution in [3.05, 3.63) is 52.9 Å². The average Bonchev–Trinajstić information content (AvgIpc) is 2.72. The summed E-state index contributed by atoms with van der Waals surface area (Å²) in [6, 6.07) is 4.71. The Labute approximate surface area is 178 Å². The molecule has 0 nitrogen and oxygen atoms in total. The van der Waals surface area contributed by atoms with Gasteiger partial charge in [0, 0.05) is 11.6 Å². The minimum absolute atomic E-state index is 0.00539. The second-order valence-electron chi connectivity index (χ2n) is 9.16. The summed E-state index contributed by atoms with van der Waals surface area (Å²) in [6.07, 6.45) is 12.4. The fourth-order valence-electron chi connectivity index (χ4n) is 5.20. The molecule has 1 aromatic carbocycles. The molecule has 0 aliphatic heterocycles. The summed E-state index contributed by atoms with van der Waals surface area (Å²) in [6.45, 7) is 2.21. The number of hydrogen-bond donors (Lipinski definition) is 0. The molecule has 0 radical (unpaired) electrons. The first-order valence-corrected chi connectivity index (χ1v) is 11.6. The highest BCUT2D eigenvalue weighted by Crippen LogP contribution is 2.40. The largest absolute Gasteiger partial charge is 0.409 e. The van der Waals surface area contributed by atoms with Crippen LogP contribution in [0, 0.1) is 17.7 Å². The van der Waals surface area contributed by atoms with Gasteiger partial charge in [0.1, 0.15) is 5.82 Å². The molecule has 4 heteroatoms. The number of rotatable bonds is 6. The van der Waals surface area contributed by atoms with Crippen LogP contribution in [0.25, 0.3) is 6.08 Å². The van der Waals surface area contributed by atoms with E-state index < -0.39 is 12.0 Å². The molecule has 0 heterocycles. The number of alkyl halides is 3. The van der Waals surface area contributed by atoms with Crippen LogP contribution in [-0.2, 0) is 0 Å². The second-order valence-corrected chi connectivity index (χ2v) is 9.16. The number of hydrogen-bond acceptors (Lipinski definition) is 0. The van der Waals surface area contributed by atoms with Crippen LogP contribution in [0.15, 0.2) is 35.9 Å². The van der Waals surface area contributed by atoms with E-state index >= 15 is 0 Å². The molecule has 3 rings (SSSR count). The van der Waals surface area contributed by atoms with Crippen molar-refractivity contribution in [3.63, 3.8) is 0 Å². The van der Waals surface area contributed by atoms with Gasteiger partial charge in [0.05, 0.1) is 0 Å². The first-order chi connectivity index (χ1) is 14.3. The fraction of sp³-hybridized carbons (Fsp3) is 0.615. The molecule has 30 heavy (non-hydrogen) atoms. The Hall–Kier alpha value is -1.58. The predicted molar refractivity (Wildman–Crippen MR) is 116 cm³/mol. The maximum Gasteiger partial charge on any atom is 0.409 e. The molecular formula is C26H34F4. The van der Waals surface area contributed by atoms with Crippen molar-refractivity contribution in [2.24, 2.45) is 11.8 Å². The monoisotopic (exact) mass is 422 g/mol. The first-order valence-electron chi connectivity index (χ1n) is 11.6. The maximum atomic E-state index is 14.2.